The number of nitrogens with one attached hydrogen (secondary N) is 4. The second-order valence-electron chi connectivity index (χ2n) is 7.09. The van der Waals surface area contributed by atoms with E-state index >= 15 is 0 Å². The standard InChI is InChI=1S/C21H17F2N5O3/c1-10-2-7-15(14(23)8-10)25-19(30)13-9-16(29)26-18-17(13)20(31)28-21(27-18)24-12-5-3-11(22)4-6-12/h2-8,13H,9H2,1H3,(H,25,30)(H3,24,26,27,28,29,31)/t13-/m1/s1. The van der Waals surface area contributed by atoms with Crippen LogP contribution in [0.15, 0.2) is 47.3 Å². The molecular weight excluding hydrogens is 408 g/mol. The zero-order valence-electron chi connectivity index (χ0n) is 16.3. The molecular formula is C21H17F2N5O3. The van der Waals surface area contributed by atoms with E-state index in [0.717, 1.165) is 0 Å². The fraction of sp³-hybridized carbons (Fsp3) is 0.143. The highest BCUT2D eigenvalue weighted by Gasteiger charge is 2.35. The molecule has 0 bridgehead atoms. The van der Waals surface area contributed by atoms with Crippen molar-refractivity contribution in [1.82, 2.24) is 9.97 Å². The molecule has 0 spiro atoms. The SMILES string of the molecule is Cc1ccc(NC(=O)[C@@H]2CC(=O)Nc3nc(Nc4ccc(F)cc4)[nH]c(=O)c32)c(F)c1. The highest BCUT2D eigenvalue weighted by Crippen LogP contribution is 2.30. The Morgan fingerprint density at radius 1 is 1.13 bits per heavy atom. The first kappa shape index (κ1) is 20.2. The van der Waals surface area contributed by atoms with Gasteiger partial charge in [-0.1, -0.05) is 6.07 Å². The summed E-state index contributed by atoms with van der Waals surface area (Å²) in [5, 5.41) is 7.71. The van der Waals surface area contributed by atoms with Crippen LogP contribution in [0.5, 0.6) is 0 Å². The van der Waals surface area contributed by atoms with E-state index in [1.165, 1.54) is 36.4 Å². The summed E-state index contributed by atoms with van der Waals surface area (Å²) < 4.78 is 27.2. The number of aryl methyl sites for hydroxylation is 1. The van der Waals surface area contributed by atoms with Crippen LogP contribution in [0.3, 0.4) is 0 Å². The van der Waals surface area contributed by atoms with Gasteiger partial charge in [-0.15, -0.1) is 0 Å². The van der Waals surface area contributed by atoms with Gasteiger partial charge >= 0.3 is 0 Å². The fourth-order valence-electron chi connectivity index (χ4n) is 3.27. The van der Waals surface area contributed by atoms with E-state index in [1.807, 2.05) is 0 Å². The quantitative estimate of drug-likeness (QED) is 0.513. The Labute approximate surface area is 174 Å². The average molecular weight is 425 g/mol. The van der Waals surface area contributed by atoms with E-state index in [0.29, 0.717) is 11.3 Å². The van der Waals surface area contributed by atoms with Gasteiger partial charge in [0.1, 0.15) is 17.5 Å². The Balaban J connectivity index is 1.64. The van der Waals surface area contributed by atoms with Crippen molar-refractivity contribution in [2.45, 2.75) is 19.3 Å². The van der Waals surface area contributed by atoms with Crippen LogP contribution in [0.1, 0.15) is 23.5 Å². The van der Waals surface area contributed by atoms with Crippen LogP contribution in [0.25, 0.3) is 0 Å². The van der Waals surface area contributed by atoms with Gasteiger partial charge in [0.25, 0.3) is 5.56 Å². The van der Waals surface area contributed by atoms with Gasteiger partial charge in [0, 0.05) is 12.1 Å². The lowest BCUT2D eigenvalue weighted by Gasteiger charge is -2.23. The predicted octanol–water partition coefficient (Wildman–Crippen LogP) is 3.16. The van der Waals surface area contributed by atoms with Crippen molar-refractivity contribution in [3.63, 3.8) is 0 Å². The molecule has 2 aromatic carbocycles. The first-order valence-corrected chi connectivity index (χ1v) is 9.34. The number of benzene rings is 2. The van der Waals surface area contributed by atoms with Gasteiger partial charge in [-0.25, -0.2) is 8.78 Å². The Bertz CT molecular complexity index is 1240. The predicted molar refractivity (Wildman–Crippen MR) is 110 cm³/mol. The van der Waals surface area contributed by atoms with Gasteiger partial charge < -0.3 is 16.0 Å². The van der Waals surface area contributed by atoms with Gasteiger partial charge in [0.15, 0.2) is 0 Å². The third-order valence-corrected chi connectivity index (χ3v) is 4.76. The number of aromatic amines is 1. The largest absolute Gasteiger partial charge is 0.326 e. The number of halogens is 2. The summed E-state index contributed by atoms with van der Waals surface area (Å²) in [4.78, 5) is 44.3. The Morgan fingerprint density at radius 2 is 1.87 bits per heavy atom. The molecule has 0 fully saturated rings. The summed E-state index contributed by atoms with van der Waals surface area (Å²) in [6, 6.07) is 9.64. The molecule has 2 heterocycles. The zero-order valence-corrected chi connectivity index (χ0v) is 16.3. The second kappa shape index (κ2) is 7.98. The van der Waals surface area contributed by atoms with Crippen molar-refractivity contribution in [3.05, 3.63) is 75.6 Å². The average Bonchev–Trinajstić information content (AvgIpc) is 2.71. The number of aromatic nitrogens is 2. The first-order chi connectivity index (χ1) is 14.8. The monoisotopic (exact) mass is 425 g/mol. The maximum Gasteiger partial charge on any atom is 0.258 e. The number of rotatable bonds is 4. The number of amides is 2. The lowest BCUT2D eigenvalue weighted by molar-refractivity contribution is -0.123. The van der Waals surface area contributed by atoms with E-state index in [-0.39, 0.29) is 29.4 Å². The number of carbonyl (C=O) groups is 2. The molecule has 1 aliphatic heterocycles. The molecule has 1 aromatic heterocycles. The molecule has 3 aromatic rings. The number of carbonyl (C=O) groups excluding carboxylic acids is 2. The van der Waals surface area contributed by atoms with Gasteiger partial charge in [-0.2, -0.15) is 4.98 Å². The van der Waals surface area contributed by atoms with Crippen molar-refractivity contribution in [2.24, 2.45) is 0 Å². The Morgan fingerprint density at radius 3 is 2.58 bits per heavy atom. The van der Waals surface area contributed by atoms with Crippen molar-refractivity contribution < 1.29 is 18.4 Å². The van der Waals surface area contributed by atoms with Crippen LogP contribution in [-0.4, -0.2) is 21.8 Å². The second-order valence-corrected chi connectivity index (χ2v) is 7.09. The molecule has 10 heteroatoms. The van der Waals surface area contributed by atoms with Gasteiger partial charge in [-0.3, -0.25) is 19.4 Å². The molecule has 158 valence electrons. The van der Waals surface area contributed by atoms with Crippen molar-refractivity contribution in [3.8, 4) is 0 Å². The minimum Gasteiger partial charge on any atom is -0.326 e. The minimum absolute atomic E-state index is 0.00120. The molecule has 1 aliphatic rings. The lowest BCUT2D eigenvalue weighted by Crippen LogP contribution is -2.36. The third kappa shape index (κ3) is 4.27. The molecule has 31 heavy (non-hydrogen) atoms. The normalized spacial score (nSPS) is 15.1. The van der Waals surface area contributed by atoms with Crippen molar-refractivity contribution >= 4 is 35.0 Å². The smallest absolute Gasteiger partial charge is 0.258 e. The van der Waals surface area contributed by atoms with Crippen LogP contribution in [0, 0.1) is 18.6 Å². The van der Waals surface area contributed by atoms with Gasteiger partial charge in [-0.05, 0) is 48.9 Å². The Kier molecular flexibility index (Phi) is 5.20. The molecule has 0 aliphatic carbocycles. The minimum atomic E-state index is -1.15. The first-order valence-electron chi connectivity index (χ1n) is 9.34. The number of H-pyrrole nitrogens is 1. The van der Waals surface area contributed by atoms with E-state index in [9.17, 15) is 23.2 Å². The topological polar surface area (TPSA) is 116 Å². The summed E-state index contributed by atoms with van der Waals surface area (Å²) in [5.74, 6) is -3.49. The van der Waals surface area contributed by atoms with E-state index in [2.05, 4.69) is 25.9 Å². The number of anilines is 4. The number of fused-ring (bicyclic) bond motifs is 1. The fourth-order valence-corrected chi connectivity index (χ4v) is 3.27. The number of hydrogen-bond donors (Lipinski definition) is 4. The molecule has 2 amide bonds. The molecule has 0 saturated carbocycles. The van der Waals surface area contributed by atoms with Crippen molar-refractivity contribution in [1.29, 1.82) is 0 Å². The zero-order chi connectivity index (χ0) is 22.1. The summed E-state index contributed by atoms with van der Waals surface area (Å²) >= 11 is 0. The number of nitrogens with zero attached hydrogens (tertiary/aromatic N) is 1. The number of hydrogen-bond acceptors (Lipinski definition) is 5. The van der Waals surface area contributed by atoms with Crippen LogP contribution in [0.2, 0.25) is 0 Å². The van der Waals surface area contributed by atoms with Gasteiger partial charge in [0.2, 0.25) is 17.8 Å². The molecule has 0 radical (unpaired) electrons. The van der Waals surface area contributed by atoms with Crippen LogP contribution >= 0.6 is 0 Å². The maximum atomic E-state index is 14.1. The maximum absolute atomic E-state index is 14.1. The summed E-state index contributed by atoms with van der Waals surface area (Å²) in [6.07, 6.45) is -0.290. The summed E-state index contributed by atoms with van der Waals surface area (Å²) in [5.41, 5.74) is 0.408. The van der Waals surface area contributed by atoms with Gasteiger partial charge in [0.05, 0.1) is 17.2 Å². The molecule has 0 saturated heterocycles. The Hall–Kier alpha value is -4.08. The van der Waals surface area contributed by atoms with E-state index in [1.54, 1.807) is 13.0 Å². The molecule has 4 N–H and O–H groups in total. The van der Waals surface area contributed by atoms with E-state index in [4.69, 9.17) is 0 Å². The summed E-state index contributed by atoms with van der Waals surface area (Å²) in [7, 11) is 0. The highest BCUT2D eigenvalue weighted by molar-refractivity contribution is 6.04. The molecule has 8 nitrogen and oxygen atoms in total. The third-order valence-electron chi connectivity index (χ3n) is 4.76. The molecule has 4 rings (SSSR count). The van der Waals surface area contributed by atoms with Crippen LogP contribution < -0.4 is 21.5 Å². The van der Waals surface area contributed by atoms with E-state index < -0.39 is 34.9 Å². The molecule has 1 atom stereocenters. The summed E-state index contributed by atoms with van der Waals surface area (Å²) in [6.45, 7) is 1.71. The highest BCUT2D eigenvalue weighted by atomic mass is 19.1. The van der Waals surface area contributed by atoms with Crippen molar-refractivity contribution in [2.75, 3.05) is 16.0 Å². The van der Waals surface area contributed by atoms with Crippen LogP contribution in [0.4, 0.5) is 31.9 Å². The molecule has 0 unspecified atom stereocenters. The van der Waals surface area contributed by atoms with Crippen LogP contribution in [-0.2, 0) is 9.59 Å². The lowest BCUT2D eigenvalue weighted by atomic mass is 9.92.